The molecule has 0 aromatic heterocycles. The van der Waals surface area contributed by atoms with Crippen molar-refractivity contribution in [3.05, 3.63) is 52.0 Å². The highest BCUT2D eigenvalue weighted by atomic mass is 79.9. The molecular formula is C27H36BrN3O5. The van der Waals surface area contributed by atoms with E-state index in [0.717, 1.165) is 27.9 Å². The molecule has 0 spiro atoms. The van der Waals surface area contributed by atoms with E-state index in [2.05, 4.69) is 21.2 Å². The number of halogens is 1. The van der Waals surface area contributed by atoms with Gasteiger partial charge in [-0.05, 0) is 83.2 Å². The molecule has 3 rings (SSSR count). The first-order valence-corrected chi connectivity index (χ1v) is 12.9. The average molecular weight is 563 g/mol. The molecule has 1 heterocycles. The van der Waals surface area contributed by atoms with E-state index >= 15 is 0 Å². The summed E-state index contributed by atoms with van der Waals surface area (Å²) in [5.41, 5.74) is 1.79. The number of hydrogen-bond acceptors (Lipinski definition) is 6. The van der Waals surface area contributed by atoms with E-state index in [9.17, 15) is 9.59 Å². The van der Waals surface area contributed by atoms with Gasteiger partial charge in [-0.2, -0.15) is 0 Å². The minimum atomic E-state index is -0.762. The fourth-order valence-corrected chi connectivity index (χ4v) is 4.17. The number of rotatable bonds is 8. The van der Waals surface area contributed by atoms with Crippen LogP contribution in [0, 0.1) is 0 Å². The summed E-state index contributed by atoms with van der Waals surface area (Å²) < 4.78 is 18.1. The molecule has 1 aliphatic heterocycles. The average Bonchev–Trinajstić information content (AvgIpc) is 2.78. The Morgan fingerprint density at radius 3 is 2.53 bits per heavy atom. The van der Waals surface area contributed by atoms with Crippen molar-refractivity contribution in [3.63, 3.8) is 0 Å². The van der Waals surface area contributed by atoms with Gasteiger partial charge in [-0.1, -0.05) is 22.0 Å². The molecule has 0 saturated carbocycles. The van der Waals surface area contributed by atoms with E-state index in [1.165, 1.54) is 4.90 Å². The van der Waals surface area contributed by atoms with Crippen molar-refractivity contribution in [2.75, 3.05) is 39.2 Å². The topological polar surface area (TPSA) is 80.3 Å². The van der Waals surface area contributed by atoms with E-state index in [1.807, 2.05) is 77.0 Å². The Kier molecular flexibility index (Phi) is 9.24. The molecule has 0 radical (unpaired) electrons. The normalized spacial score (nSPS) is 15.3. The molecule has 2 aromatic rings. The summed E-state index contributed by atoms with van der Waals surface area (Å²) in [4.78, 5) is 30.3. The van der Waals surface area contributed by atoms with Gasteiger partial charge in [0.25, 0.3) is 0 Å². The summed E-state index contributed by atoms with van der Waals surface area (Å²) in [7, 11) is 3.94. The van der Waals surface area contributed by atoms with Crippen molar-refractivity contribution < 1.29 is 23.8 Å². The Labute approximate surface area is 222 Å². The summed E-state index contributed by atoms with van der Waals surface area (Å²) >= 11 is 3.47. The number of nitrogens with one attached hydrogen (secondary N) is 1. The monoisotopic (exact) mass is 561 g/mol. The van der Waals surface area contributed by atoms with Crippen molar-refractivity contribution in [3.8, 4) is 11.5 Å². The molecule has 8 nitrogen and oxygen atoms in total. The number of nitrogens with zero attached hydrogens (tertiary/aromatic N) is 2. The van der Waals surface area contributed by atoms with Crippen LogP contribution < -0.4 is 14.8 Å². The van der Waals surface area contributed by atoms with Crippen LogP contribution in [-0.4, -0.2) is 67.3 Å². The zero-order valence-corrected chi connectivity index (χ0v) is 23.5. The van der Waals surface area contributed by atoms with E-state index in [1.54, 1.807) is 6.07 Å². The second-order valence-electron chi connectivity index (χ2n) is 9.97. The molecule has 1 aliphatic rings. The maximum Gasteiger partial charge on any atom is 0.411 e. The van der Waals surface area contributed by atoms with Crippen LogP contribution in [0.4, 0.5) is 10.5 Å². The van der Waals surface area contributed by atoms with Crippen LogP contribution in [0.15, 0.2) is 40.9 Å². The molecular weight excluding hydrogens is 526 g/mol. The van der Waals surface area contributed by atoms with Crippen molar-refractivity contribution >= 4 is 33.6 Å². The van der Waals surface area contributed by atoms with Crippen LogP contribution in [0.1, 0.15) is 38.8 Å². The SMILES string of the molecule is CCOc1ccc2c(c1)CC(C(=O)Nc1ccc(Br)cc1OCCN(C)C)N(C(=O)OC(C)(C)C)C2. The molecule has 0 bridgehead atoms. The minimum Gasteiger partial charge on any atom is -0.494 e. The van der Waals surface area contributed by atoms with Gasteiger partial charge in [0.05, 0.1) is 18.8 Å². The third kappa shape index (κ3) is 7.61. The third-order valence-corrected chi connectivity index (χ3v) is 6.04. The summed E-state index contributed by atoms with van der Waals surface area (Å²) in [6.07, 6.45) is -0.185. The van der Waals surface area contributed by atoms with Crippen LogP contribution in [0.5, 0.6) is 11.5 Å². The van der Waals surface area contributed by atoms with Crippen LogP contribution in [-0.2, 0) is 22.5 Å². The maximum absolute atomic E-state index is 13.6. The molecule has 36 heavy (non-hydrogen) atoms. The van der Waals surface area contributed by atoms with Crippen LogP contribution >= 0.6 is 15.9 Å². The van der Waals surface area contributed by atoms with Gasteiger partial charge < -0.3 is 24.4 Å². The first-order valence-electron chi connectivity index (χ1n) is 12.1. The van der Waals surface area contributed by atoms with Gasteiger partial charge in [-0.15, -0.1) is 0 Å². The third-order valence-electron chi connectivity index (χ3n) is 5.55. The molecule has 0 aliphatic carbocycles. The number of carbonyl (C=O) groups excluding carboxylic acids is 2. The molecule has 1 unspecified atom stereocenters. The van der Waals surface area contributed by atoms with Gasteiger partial charge in [0, 0.05) is 17.4 Å². The smallest absolute Gasteiger partial charge is 0.411 e. The lowest BCUT2D eigenvalue weighted by Crippen LogP contribution is -2.52. The van der Waals surface area contributed by atoms with Crippen LogP contribution in [0.3, 0.4) is 0 Å². The minimum absolute atomic E-state index is 0.265. The predicted octanol–water partition coefficient (Wildman–Crippen LogP) is 5.09. The Balaban J connectivity index is 1.88. The predicted molar refractivity (Wildman–Crippen MR) is 144 cm³/mol. The van der Waals surface area contributed by atoms with Gasteiger partial charge >= 0.3 is 6.09 Å². The Morgan fingerprint density at radius 1 is 1.11 bits per heavy atom. The lowest BCUT2D eigenvalue weighted by molar-refractivity contribution is -0.121. The quantitative estimate of drug-likeness (QED) is 0.483. The van der Waals surface area contributed by atoms with Gasteiger partial charge in [0.15, 0.2) is 0 Å². The number of amides is 2. The number of ether oxygens (including phenoxy) is 3. The number of likely N-dealkylation sites (N-methyl/N-ethyl adjacent to an activating group) is 1. The Hall–Kier alpha value is -2.78. The largest absolute Gasteiger partial charge is 0.494 e. The maximum atomic E-state index is 13.6. The van der Waals surface area contributed by atoms with E-state index < -0.39 is 17.7 Å². The van der Waals surface area contributed by atoms with Crippen molar-refractivity contribution in [1.29, 1.82) is 0 Å². The van der Waals surface area contributed by atoms with Crippen molar-refractivity contribution in [2.45, 2.75) is 52.3 Å². The zero-order valence-electron chi connectivity index (χ0n) is 21.9. The number of carbonyl (C=O) groups is 2. The lowest BCUT2D eigenvalue weighted by Gasteiger charge is -2.37. The fourth-order valence-electron chi connectivity index (χ4n) is 3.83. The molecule has 196 valence electrons. The summed E-state index contributed by atoms with van der Waals surface area (Å²) in [6.45, 7) is 9.37. The molecule has 1 atom stereocenters. The molecule has 0 saturated heterocycles. The van der Waals surface area contributed by atoms with E-state index in [-0.39, 0.29) is 12.5 Å². The highest BCUT2D eigenvalue weighted by Gasteiger charge is 2.37. The highest BCUT2D eigenvalue weighted by molar-refractivity contribution is 9.10. The van der Waals surface area contributed by atoms with Gasteiger partial charge in [-0.3, -0.25) is 9.69 Å². The summed E-state index contributed by atoms with van der Waals surface area (Å²) in [5.74, 6) is 0.983. The number of benzene rings is 2. The van der Waals surface area contributed by atoms with Crippen LogP contribution in [0.25, 0.3) is 0 Å². The number of anilines is 1. The first kappa shape index (κ1) is 27.8. The molecule has 0 fully saturated rings. The highest BCUT2D eigenvalue weighted by Crippen LogP contribution is 2.32. The molecule has 2 amide bonds. The van der Waals surface area contributed by atoms with Crippen molar-refractivity contribution in [2.24, 2.45) is 0 Å². The standard InChI is InChI=1S/C27H36BrN3O5/c1-7-34-21-10-8-18-17-31(26(33)36-27(2,3)4)23(15-19(18)14-21)25(32)29-22-11-9-20(28)16-24(22)35-13-12-30(5)6/h8-11,14,16,23H,7,12-13,15,17H2,1-6H3,(H,29,32). The second kappa shape index (κ2) is 12.0. The van der Waals surface area contributed by atoms with E-state index in [4.69, 9.17) is 14.2 Å². The number of hydrogen-bond donors (Lipinski definition) is 1. The van der Waals surface area contributed by atoms with Gasteiger partial charge in [0.2, 0.25) is 5.91 Å². The Morgan fingerprint density at radius 2 is 1.86 bits per heavy atom. The number of fused-ring (bicyclic) bond motifs is 1. The summed E-state index contributed by atoms with van der Waals surface area (Å²) in [6, 6.07) is 10.5. The van der Waals surface area contributed by atoms with Gasteiger partial charge in [-0.25, -0.2) is 4.79 Å². The second-order valence-corrected chi connectivity index (χ2v) is 10.9. The first-order chi connectivity index (χ1) is 17.0. The summed E-state index contributed by atoms with van der Waals surface area (Å²) in [5, 5.41) is 2.98. The Bertz CT molecular complexity index is 1080. The lowest BCUT2D eigenvalue weighted by atomic mass is 9.93. The van der Waals surface area contributed by atoms with Crippen molar-refractivity contribution in [1.82, 2.24) is 9.80 Å². The van der Waals surface area contributed by atoms with Crippen LogP contribution in [0.2, 0.25) is 0 Å². The van der Waals surface area contributed by atoms with E-state index in [0.29, 0.717) is 31.1 Å². The van der Waals surface area contributed by atoms with Gasteiger partial charge in [0.1, 0.15) is 29.7 Å². The molecule has 1 N–H and O–H groups in total. The molecule has 9 heteroatoms. The fraction of sp³-hybridized carbons (Fsp3) is 0.481. The molecule has 2 aromatic carbocycles. The zero-order chi connectivity index (χ0) is 26.5.